The SMILES string of the molecule is O=C(I)Nc1ccc(C(=O)N2C(=O)CC(S(=O)(=O)O)C2=O)cc1. The molecule has 2 N–H and O–H groups in total. The number of amides is 4. The van der Waals surface area contributed by atoms with Gasteiger partial charge < -0.3 is 5.32 Å². The highest BCUT2D eigenvalue weighted by atomic mass is 127. The standard InChI is InChI=1S/C12H9IN2O7S/c13-12(19)14-7-3-1-6(2-4-7)10(17)15-9(16)5-8(11(15)18)23(20,21)22/h1-4,8H,5H2,(H,14,19)(H,20,21,22). The third-order valence-corrected chi connectivity index (χ3v) is 4.40. The van der Waals surface area contributed by atoms with Gasteiger partial charge in [-0.3, -0.25) is 23.7 Å². The zero-order chi connectivity index (χ0) is 17.4. The summed E-state index contributed by atoms with van der Waals surface area (Å²) in [7, 11) is -4.77. The first kappa shape index (κ1) is 17.5. The molecule has 1 unspecified atom stereocenters. The molecule has 1 aromatic rings. The molecule has 0 bridgehead atoms. The van der Waals surface area contributed by atoms with Crippen molar-refractivity contribution in [2.24, 2.45) is 0 Å². The normalized spacial score (nSPS) is 18.2. The summed E-state index contributed by atoms with van der Waals surface area (Å²) in [6, 6.07) is 5.31. The Labute approximate surface area is 143 Å². The Morgan fingerprint density at radius 3 is 2.22 bits per heavy atom. The Bertz CT molecular complexity index is 803. The number of hydrogen-bond donors (Lipinski definition) is 2. The Morgan fingerprint density at radius 2 is 1.78 bits per heavy atom. The first-order valence-corrected chi connectivity index (χ1v) is 8.63. The van der Waals surface area contributed by atoms with Gasteiger partial charge in [0.2, 0.25) is 5.91 Å². The molecule has 2 rings (SSSR count). The van der Waals surface area contributed by atoms with Crippen molar-refractivity contribution in [1.82, 2.24) is 4.90 Å². The predicted octanol–water partition coefficient (Wildman–Crippen LogP) is 0.809. The fraction of sp³-hybridized carbons (Fsp3) is 0.167. The molecule has 1 aliphatic heterocycles. The summed E-state index contributed by atoms with van der Waals surface area (Å²) in [5, 5.41) is 0.500. The van der Waals surface area contributed by atoms with Crippen LogP contribution in [0.1, 0.15) is 16.8 Å². The van der Waals surface area contributed by atoms with Crippen LogP contribution in [0.2, 0.25) is 0 Å². The molecule has 9 nitrogen and oxygen atoms in total. The molecule has 1 saturated heterocycles. The maximum atomic E-state index is 12.2. The van der Waals surface area contributed by atoms with E-state index in [0.717, 1.165) is 0 Å². The highest BCUT2D eigenvalue weighted by Gasteiger charge is 2.48. The van der Waals surface area contributed by atoms with Gasteiger partial charge >= 0.3 is 0 Å². The fourth-order valence-electron chi connectivity index (χ4n) is 1.99. The van der Waals surface area contributed by atoms with E-state index < -0.39 is 39.5 Å². The summed E-state index contributed by atoms with van der Waals surface area (Å²) in [6.45, 7) is 0. The van der Waals surface area contributed by atoms with Gasteiger partial charge in [0.05, 0.1) is 6.42 Å². The second-order valence-electron chi connectivity index (χ2n) is 4.56. The summed E-state index contributed by atoms with van der Waals surface area (Å²) in [5.41, 5.74) is 0.352. The second kappa shape index (κ2) is 6.33. The highest BCUT2D eigenvalue weighted by Crippen LogP contribution is 2.22. The van der Waals surface area contributed by atoms with E-state index in [1.54, 1.807) is 0 Å². The van der Waals surface area contributed by atoms with Crippen LogP contribution in [0.15, 0.2) is 24.3 Å². The van der Waals surface area contributed by atoms with Gasteiger partial charge in [-0.2, -0.15) is 8.42 Å². The maximum Gasteiger partial charge on any atom is 0.284 e. The molecule has 1 aliphatic rings. The van der Waals surface area contributed by atoms with Gasteiger partial charge in [0, 0.05) is 33.8 Å². The Hall–Kier alpha value is -1.86. The molecule has 1 atom stereocenters. The van der Waals surface area contributed by atoms with Gasteiger partial charge in [0.25, 0.3) is 25.8 Å². The van der Waals surface area contributed by atoms with E-state index in [9.17, 15) is 27.6 Å². The molecule has 0 spiro atoms. The van der Waals surface area contributed by atoms with Crippen molar-refractivity contribution in [3.63, 3.8) is 0 Å². The first-order chi connectivity index (χ1) is 10.6. The van der Waals surface area contributed by atoms with Crippen LogP contribution in [0.4, 0.5) is 10.5 Å². The van der Waals surface area contributed by atoms with Gasteiger partial charge in [-0.05, 0) is 24.3 Å². The Kier molecular flexibility index (Phi) is 4.81. The second-order valence-corrected chi connectivity index (χ2v) is 7.14. The van der Waals surface area contributed by atoms with E-state index in [0.29, 0.717) is 5.69 Å². The van der Waals surface area contributed by atoms with E-state index >= 15 is 0 Å². The average Bonchev–Trinajstić information content (AvgIpc) is 2.73. The third kappa shape index (κ3) is 3.73. The summed E-state index contributed by atoms with van der Waals surface area (Å²) in [4.78, 5) is 46.9. The number of halogens is 1. The Balaban J connectivity index is 2.25. The molecule has 0 aliphatic carbocycles. The maximum absolute atomic E-state index is 12.2. The van der Waals surface area contributed by atoms with Crippen molar-refractivity contribution in [2.75, 3.05) is 5.32 Å². The van der Waals surface area contributed by atoms with Crippen LogP contribution < -0.4 is 5.32 Å². The summed E-state index contributed by atoms with van der Waals surface area (Å²) >= 11 is 1.52. The summed E-state index contributed by atoms with van der Waals surface area (Å²) in [6.07, 6.45) is -0.785. The number of nitrogens with one attached hydrogen (secondary N) is 1. The topological polar surface area (TPSA) is 138 Å². The smallest absolute Gasteiger partial charge is 0.284 e. The predicted molar refractivity (Wildman–Crippen MR) is 85.6 cm³/mol. The number of nitrogens with zero attached hydrogens (tertiary/aromatic N) is 1. The molecule has 0 radical (unpaired) electrons. The van der Waals surface area contributed by atoms with Crippen LogP contribution in [0.25, 0.3) is 0 Å². The van der Waals surface area contributed by atoms with Crippen molar-refractivity contribution >= 4 is 60.0 Å². The fourth-order valence-corrected chi connectivity index (χ4v) is 3.01. The molecule has 122 valence electrons. The monoisotopic (exact) mass is 452 g/mol. The van der Waals surface area contributed by atoms with Gasteiger partial charge in [-0.1, -0.05) is 0 Å². The molecule has 0 aromatic heterocycles. The van der Waals surface area contributed by atoms with Crippen LogP contribution in [0.3, 0.4) is 0 Å². The molecular formula is C12H9IN2O7S. The van der Waals surface area contributed by atoms with E-state index in [2.05, 4.69) is 5.32 Å². The van der Waals surface area contributed by atoms with Crippen LogP contribution in [-0.2, 0) is 19.7 Å². The lowest BCUT2D eigenvalue weighted by Gasteiger charge is -2.12. The van der Waals surface area contributed by atoms with E-state index in [4.69, 9.17) is 4.55 Å². The largest absolute Gasteiger partial charge is 0.317 e. The van der Waals surface area contributed by atoms with Crippen molar-refractivity contribution in [3.8, 4) is 0 Å². The number of likely N-dealkylation sites (tertiary alicyclic amines) is 1. The number of carbonyl (C=O) groups is 4. The lowest BCUT2D eigenvalue weighted by atomic mass is 10.2. The van der Waals surface area contributed by atoms with E-state index in [1.165, 1.54) is 46.9 Å². The minimum atomic E-state index is -4.77. The van der Waals surface area contributed by atoms with Crippen LogP contribution in [0, 0.1) is 0 Å². The number of benzene rings is 1. The molecular weight excluding hydrogens is 443 g/mol. The van der Waals surface area contributed by atoms with Gasteiger partial charge in [0.15, 0.2) is 5.25 Å². The van der Waals surface area contributed by atoms with Crippen LogP contribution in [0.5, 0.6) is 0 Å². The molecule has 4 amide bonds. The van der Waals surface area contributed by atoms with Crippen molar-refractivity contribution in [3.05, 3.63) is 29.8 Å². The first-order valence-electron chi connectivity index (χ1n) is 6.05. The van der Waals surface area contributed by atoms with Crippen LogP contribution >= 0.6 is 22.6 Å². The Morgan fingerprint density at radius 1 is 1.22 bits per heavy atom. The average molecular weight is 452 g/mol. The highest BCUT2D eigenvalue weighted by molar-refractivity contribution is 14.1. The van der Waals surface area contributed by atoms with Gasteiger partial charge in [-0.25, -0.2) is 4.90 Å². The molecule has 23 heavy (non-hydrogen) atoms. The molecule has 1 heterocycles. The number of hydrogen-bond acceptors (Lipinski definition) is 6. The van der Waals surface area contributed by atoms with Gasteiger partial charge in [0.1, 0.15) is 0 Å². The number of carbonyl (C=O) groups excluding carboxylic acids is 4. The molecule has 1 fully saturated rings. The van der Waals surface area contributed by atoms with Gasteiger partial charge in [-0.15, -0.1) is 0 Å². The molecule has 1 aromatic carbocycles. The van der Waals surface area contributed by atoms with Crippen molar-refractivity contribution < 1.29 is 32.1 Å². The lowest BCUT2D eigenvalue weighted by Crippen LogP contribution is -2.39. The zero-order valence-electron chi connectivity index (χ0n) is 11.2. The van der Waals surface area contributed by atoms with Crippen molar-refractivity contribution in [1.29, 1.82) is 0 Å². The van der Waals surface area contributed by atoms with Crippen LogP contribution in [-0.4, -0.2) is 44.8 Å². The number of rotatable bonds is 3. The number of imide groups is 3. The molecule has 0 saturated carbocycles. The summed E-state index contributed by atoms with van der Waals surface area (Å²) < 4.78 is 30.7. The van der Waals surface area contributed by atoms with E-state index in [1.807, 2.05) is 0 Å². The number of anilines is 1. The third-order valence-electron chi connectivity index (χ3n) is 3.04. The van der Waals surface area contributed by atoms with E-state index in [-0.39, 0.29) is 14.4 Å². The van der Waals surface area contributed by atoms with Crippen molar-refractivity contribution in [2.45, 2.75) is 11.7 Å². The zero-order valence-corrected chi connectivity index (χ0v) is 14.2. The molecule has 11 heteroatoms. The lowest BCUT2D eigenvalue weighted by molar-refractivity contribution is -0.134. The minimum Gasteiger partial charge on any atom is -0.317 e. The minimum absolute atomic E-state index is 0.0471. The summed E-state index contributed by atoms with van der Waals surface area (Å²) in [5.74, 6) is -3.29. The quantitative estimate of drug-likeness (QED) is 0.228.